The summed E-state index contributed by atoms with van der Waals surface area (Å²) < 4.78 is 4.50. The molecule has 0 N–H and O–H groups in total. The zero-order valence-electron chi connectivity index (χ0n) is 8.52. The Hall–Kier alpha value is -1.91. The maximum atomic E-state index is 11.0. The number of rotatable bonds is 3. The molecule has 1 rings (SSSR count). The van der Waals surface area contributed by atoms with E-state index in [9.17, 15) is 14.9 Å². The second-order valence-corrected chi connectivity index (χ2v) is 3.07. The molecule has 0 aliphatic rings. The summed E-state index contributed by atoms with van der Waals surface area (Å²) >= 11 is 0. The molecular weight excluding hydrogens is 198 g/mol. The third kappa shape index (κ3) is 2.52. The fourth-order valence-electron chi connectivity index (χ4n) is 1.29. The van der Waals surface area contributed by atoms with Gasteiger partial charge >= 0.3 is 5.97 Å². The molecule has 0 spiro atoms. The summed E-state index contributed by atoms with van der Waals surface area (Å²) in [5.41, 5.74) is 1.15. The van der Waals surface area contributed by atoms with Gasteiger partial charge in [-0.3, -0.25) is 14.9 Å². The second kappa shape index (κ2) is 4.54. The van der Waals surface area contributed by atoms with Gasteiger partial charge in [0.15, 0.2) is 0 Å². The van der Waals surface area contributed by atoms with Crippen molar-refractivity contribution in [1.29, 1.82) is 0 Å². The van der Waals surface area contributed by atoms with Gasteiger partial charge in [0.05, 0.1) is 18.5 Å². The van der Waals surface area contributed by atoms with Crippen molar-refractivity contribution in [3.05, 3.63) is 39.4 Å². The van der Waals surface area contributed by atoms with Crippen molar-refractivity contribution in [2.75, 3.05) is 7.11 Å². The van der Waals surface area contributed by atoms with Gasteiger partial charge in [-0.1, -0.05) is 12.1 Å². The number of nitro benzene ring substituents is 1. The van der Waals surface area contributed by atoms with Crippen LogP contribution in [0.4, 0.5) is 5.69 Å². The lowest BCUT2D eigenvalue weighted by Crippen LogP contribution is -2.06. The third-order valence-electron chi connectivity index (χ3n) is 2.18. The summed E-state index contributed by atoms with van der Waals surface area (Å²) in [6, 6.07) is 4.65. The second-order valence-electron chi connectivity index (χ2n) is 3.07. The molecular formula is C10H11NO4. The van der Waals surface area contributed by atoms with Crippen LogP contribution in [-0.2, 0) is 16.0 Å². The highest BCUT2D eigenvalue weighted by Gasteiger charge is 2.14. The Bertz CT molecular complexity index is 400. The molecule has 0 radical (unpaired) electrons. The highest BCUT2D eigenvalue weighted by Crippen LogP contribution is 2.21. The van der Waals surface area contributed by atoms with Crippen LogP contribution in [0.1, 0.15) is 11.1 Å². The molecule has 1 aromatic rings. The molecule has 0 aliphatic heterocycles. The van der Waals surface area contributed by atoms with Crippen LogP contribution < -0.4 is 0 Å². The molecule has 0 fully saturated rings. The molecule has 0 aliphatic carbocycles. The SMILES string of the molecule is COC(=O)Cc1cccc([N+](=O)[O-])c1C. The van der Waals surface area contributed by atoms with E-state index in [1.165, 1.54) is 13.2 Å². The van der Waals surface area contributed by atoms with E-state index in [4.69, 9.17) is 0 Å². The molecule has 15 heavy (non-hydrogen) atoms. The smallest absolute Gasteiger partial charge is 0.309 e. The summed E-state index contributed by atoms with van der Waals surface area (Å²) in [5, 5.41) is 10.6. The molecule has 0 amide bonds. The van der Waals surface area contributed by atoms with Crippen LogP contribution >= 0.6 is 0 Å². The van der Waals surface area contributed by atoms with Crippen LogP contribution in [0, 0.1) is 17.0 Å². The van der Waals surface area contributed by atoms with E-state index < -0.39 is 10.9 Å². The Morgan fingerprint density at radius 1 is 1.53 bits per heavy atom. The van der Waals surface area contributed by atoms with Crippen LogP contribution in [0.2, 0.25) is 0 Å². The van der Waals surface area contributed by atoms with Crippen molar-refractivity contribution >= 4 is 11.7 Å². The number of ether oxygens (including phenoxy) is 1. The minimum absolute atomic E-state index is 0.0244. The van der Waals surface area contributed by atoms with Crippen molar-refractivity contribution in [1.82, 2.24) is 0 Å². The van der Waals surface area contributed by atoms with Crippen LogP contribution in [0.25, 0.3) is 0 Å². The van der Waals surface area contributed by atoms with Crippen LogP contribution in [0.5, 0.6) is 0 Å². The summed E-state index contributed by atoms with van der Waals surface area (Å²) in [6.07, 6.45) is 0.0595. The van der Waals surface area contributed by atoms with E-state index in [-0.39, 0.29) is 12.1 Å². The van der Waals surface area contributed by atoms with Gasteiger partial charge in [0, 0.05) is 11.6 Å². The number of methoxy groups -OCH3 is 1. The average molecular weight is 209 g/mol. The fourth-order valence-corrected chi connectivity index (χ4v) is 1.29. The number of carbonyl (C=O) groups excluding carboxylic acids is 1. The monoisotopic (exact) mass is 209 g/mol. The molecule has 5 heteroatoms. The fraction of sp³-hybridized carbons (Fsp3) is 0.300. The summed E-state index contributed by atoms with van der Waals surface area (Å²) in [5.74, 6) is -0.404. The van der Waals surface area contributed by atoms with E-state index in [1.54, 1.807) is 19.1 Å². The molecule has 0 unspecified atom stereocenters. The number of nitro groups is 1. The van der Waals surface area contributed by atoms with Gasteiger partial charge in [-0.2, -0.15) is 0 Å². The number of benzene rings is 1. The number of esters is 1. The highest BCUT2D eigenvalue weighted by molar-refractivity contribution is 5.73. The maximum absolute atomic E-state index is 11.0. The van der Waals surface area contributed by atoms with Gasteiger partial charge in [-0.15, -0.1) is 0 Å². The number of hydrogen-bond donors (Lipinski definition) is 0. The first-order valence-corrected chi connectivity index (χ1v) is 4.36. The summed E-state index contributed by atoms with van der Waals surface area (Å²) in [7, 11) is 1.29. The standard InChI is InChI=1S/C10H11NO4/c1-7-8(6-10(12)15-2)4-3-5-9(7)11(13)14/h3-5H,6H2,1-2H3. The number of hydrogen-bond acceptors (Lipinski definition) is 4. The molecule has 1 aromatic carbocycles. The van der Waals surface area contributed by atoms with Gasteiger partial charge in [0.2, 0.25) is 0 Å². The minimum atomic E-state index is -0.462. The van der Waals surface area contributed by atoms with Crippen LogP contribution in [-0.4, -0.2) is 18.0 Å². The Kier molecular flexibility index (Phi) is 3.38. The van der Waals surface area contributed by atoms with Crippen molar-refractivity contribution in [3.63, 3.8) is 0 Å². The molecule has 0 heterocycles. The zero-order valence-corrected chi connectivity index (χ0v) is 8.52. The van der Waals surface area contributed by atoms with E-state index in [0.29, 0.717) is 11.1 Å². The normalized spacial score (nSPS) is 9.73. The molecule has 0 saturated carbocycles. The molecule has 80 valence electrons. The summed E-state index contributed by atoms with van der Waals surface area (Å²) in [6.45, 7) is 1.62. The first kappa shape index (κ1) is 11.2. The van der Waals surface area contributed by atoms with Gasteiger partial charge in [0.1, 0.15) is 0 Å². The Labute approximate surface area is 86.8 Å². The van der Waals surface area contributed by atoms with Crippen LogP contribution in [0.15, 0.2) is 18.2 Å². The maximum Gasteiger partial charge on any atom is 0.309 e. The minimum Gasteiger partial charge on any atom is -0.469 e. The first-order valence-electron chi connectivity index (χ1n) is 4.36. The number of nitrogens with zero attached hydrogens (tertiary/aromatic N) is 1. The van der Waals surface area contributed by atoms with E-state index >= 15 is 0 Å². The average Bonchev–Trinajstić information content (AvgIpc) is 2.20. The quantitative estimate of drug-likeness (QED) is 0.431. The Morgan fingerprint density at radius 2 is 2.20 bits per heavy atom. The largest absolute Gasteiger partial charge is 0.469 e. The van der Waals surface area contributed by atoms with Gasteiger partial charge in [-0.25, -0.2) is 0 Å². The molecule has 5 nitrogen and oxygen atoms in total. The van der Waals surface area contributed by atoms with E-state index in [2.05, 4.69) is 4.74 Å². The zero-order chi connectivity index (χ0) is 11.4. The lowest BCUT2D eigenvalue weighted by molar-refractivity contribution is -0.385. The van der Waals surface area contributed by atoms with Crippen LogP contribution in [0.3, 0.4) is 0 Å². The van der Waals surface area contributed by atoms with Gasteiger partial charge in [0.25, 0.3) is 5.69 Å². The Morgan fingerprint density at radius 3 is 2.73 bits per heavy atom. The highest BCUT2D eigenvalue weighted by atomic mass is 16.6. The van der Waals surface area contributed by atoms with Gasteiger partial charge < -0.3 is 4.74 Å². The molecule has 0 bridgehead atoms. The molecule has 0 atom stereocenters. The van der Waals surface area contributed by atoms with Crippen molar-refractivity contribution in [2.24, 2.45) is 0 Å². The first-order chi connectivity index (χ1) is 7.06. The van der Waals surface area contributed by atoms with E-state index in [1.807, 2.05) is 0 Å². The lowest BCUT2D eigenvalue weighted by Gasteiger charge is -2.04. The summed E-state index contributed by atoms with van der Waals surface area (Å²) in [4.78, 5) is 21.2. The van der Waals surface area contributed by atoms with Gasteiger partial charge in [-0.05, 0) is 12.5 Å². The van der Waals surface area contributed by atoms with Crippen molar-refractivity contribution in [3.8, 4) is 0 Å². The third-order valence-corrected chi connectivity index (χ3v) is 2.18. The predicted molar refractivity (Wildman–Crippen MR) is 53.6 cm³/mol. The van der Waals surface area contributed by atoms with E-state index in [0.717, 1.165) is 0 Å². The topological polar surface area (TPSA) is 69.4 Å². The number of carbonyl (C=O) groups is 1. The predicted octanol–water partition coefficient (Wildman–Crippen LogP) is 1.62. The lowest BCUT2D eigenvalue weighted by atomic mass is 10.0. The Balaban J connectivity index is 3.04. The molecule has 0 aromatic heterocycles. The van der Waals surface area contributed by atoms with Crippen molar-refractivity contribution < 1.29 is 14.5 Å². The van der Waals surface area contributed by atoms with Crippen molar-refractivity contribution in [2.45, 2.75) is 13.3 Å². The molecule has 0 saturated heterocycles.